The van der Waals surface area contributed by atoms with Crippen LogP contribution in [0.1, 0.15) is 23.1 Å². The molecule has 0 saturated heterocycles. The standard InChI is InChI=1S/C11H19N3O5/c1-3-9-10(11(16)17)12-13-14(9)6-8(15)7-19-5-4-18-2/h8,15H,3-7H2,1-2H3,(H,16,17). The minimum Gasteiger partial charge on any atom is -0.476 e. The van der Waals surface area contributed by atoms with E-state index in [1.54, 1.807) is 7.11 Å². The molecule has 1 heterocycles. The topological polar surface area (TPSA) is 107 Å². The SMILES string of the molecule is CCc1c(C(=O)O)nnn1CC(O)COCCOC. The van der Waals surface area contributed by atoms with Crippen LogP contribution in [0.15, 0.2) is 0 Å². The number of aliphatic hydroxyl groups excluding tert-OH is 1. The van der Waals surface area contributed by atoms with E-state index >= 15 is 0 Å². The molecular formula is C11H19N3O5. The first kappa shape index (κ1) is 15.5. The third-order valence-electron chi connectivity index (χ3n) is 2.50. The Hall–Kier alpha value is -1.51. The van der Waals surface area contributed by atoms with Crippen molar-refractivity contribution in [1.82, 2.24) is 15.0 Å². The molecule has 0 radical (unpaired) electrons. The van der Waals surface area contributed by atoms with E-state index in [9.17, 15) is 9.90 Å². The second-order valence-corrected chi connectivity index (χ2v) is 3.95. The molecule has 1 atom stereocenters. The summed E-state index contributed by atoms with van der Waals surface area (Å²) in [5, 5.41) is 26.0. The third-order valence-corrected chi connectivity index (χ3v) is 2.50. The molecule has 19 heavy (non-hydrogen) atoms. The number of hydrogen-bond donors (Lipinski definition) is 2. The highest BCUT2D eigenvalue weighted by Gasteiger charge is 2.19. The highest BCUT2D eigenvalue weighted by Crippen LogP contribution is 2.07. The number of rotatable bonds is 9. The van der Waals surface area contributed by atoms with Crippen LogP contribution in [0.4, 0.5) is 0 Å². The van der Waals surface area contributed by atoms with Gasteiger partial charge in [-0.3, -0.25) is 0 Å². The third kappa shape index (κ3) is 4.58. The Balaban J connectivity index is 2.54. The summed E-state index contributed by atoms with van der Waals surface area (Å²) >= 11 is 0. The highest BCUT2D eigenvalue weighted by molar-refractivity contribution is 5.86. The first-order valence-electron chi connectivity index (χ1n) is 6.00. The van der Waals surface area contributed by atoms with Gasteiger partial charge >= 0.3 is 5.97 Å². The van der Waals surface area contributed by atoms with Crippen LogP contribution in [0, 0.1) is 0 Å². The number of methoxy groups -OCH3 is 1. The molecule has 2 N–H and O–H groups in total. The first-order chi connectivity index (χ1) is 9.10. The van der Waals surface area contributed by atoms with E-state index in [2.05, 4.69) is 10.3 Å². The van der Waals surface area contributed by atoms with Gasteiger partial charge in [0.15, 0.2) is 5.69 Å². The number of hydrogen-bond acceptors (Lipinski definition) is 6. The van der Waals surface area contributed by atoms with E-state index in [-0.39, 0.29) is 18.8 Å². The lowest BCUT2D eigenvalue weighted by Crippen LogP contribution is -2.24. The van der Waals surface area contributed by atoms with E-state index in [0.29, 0.717) is 25.3 Å². The van der Waals surface area contributed by atoms with E-state index < -0.39 is 12.1 Å². The van der Waals surface area contributed by atoms with Crippen LogP contribution in [-0.2, 0) is 22.4 Å². The fourth-order valence-electron chi connectivity index (χ4n) is 1.61. The van der Waals surface area contributed by atoms with Gasteiger partial charge in [0.25, 0.3) is 0 Å². The molecule has 0 aliphatic rings. The van der Waals surface area contributed by atoms with Gasteiger partial charge in [0.1, 0.15) is 0 Å². The zero-order valence-corrected chi connectivity index (χ0v) is 11.1. The van der Waals surface area contributed by atoms with Crippen molar-refractivity contribution in [2.75, 3.05) is 26.9 Å². The summed E-state index contributed by atoms with van der Waals surface area (Å²) in [6.45, 7) is 2.94. The molecule has 0 saturated carbocycles. The van der Waals surface area contributed by atoms with Crippen LogP contribution in [0.3, 0.4) is 0 Å². The van der Waals surface area contributed by atoms with E-state index in [0.717, 1.165) is 0 Å². The molecule has 8 heteroatoms. The van der Waals surface area contributed by atoms with Crippen LogP contribution < -0.4 is 0 Å². The summed E-state index contributed by atoms with van der Waals surface area (Å²) in [5.41, 5.74) is 0.415. The largest absolute Gasteiger partial charge is 0.476 e. The second kappa shape index (κ2) is 7.82. The maximum Gasteiger partial charge on any atom is 0.358 e. The van der Waals surface area contributed by atoms with Gasteiger partial charge in [-0.1, -0.05) is 12.1 Å². The van der Waals surface area contributed by atoms with Crippen LogP contribution in [-0.4, -0.2) is 64.2 Å². The van der Waals surface area contributed by atoms with Crippen molar-refractivity contribution in [3.05, 3.63) is 11.4 Å². The van der Waals surface area contributed by atoms with Crippen LogP contribution in [0.2, 0.25) is 0 Å². The number of ether oxygens (including phenoxy) is 2. The summed E-state index contributed by atoms with van der Waals surface area (Å²) in [5.74, 6) is -1.12. The smallest absolute Gasteiger partial charge is 0.358 e. The molecule has 1 aromatic rings. The number of carboxylic acid groups (broad SMARTS) is 1. The average Bonchev–Trinajstić information content (AvgIpc) is 2.77. The Morgan fingerprint density at radius 1 is 1.47 bits per heavy atom. The summed E-state index contributed by atoms with van der Waals surface area (Å²) in [6.07, 6.45) is -0.295. The Bertz CT molecular complexity index is 407. The van der Waals surface area contributed by atoms with Gasteiger partial charge in [-0.15, -0.1) is 5.10 Å². The minimum atomic E-state index is -1.12. The molecular weight excluding hydrogens is 254 g/mol. The van der Waals surface area contributed by atoms with Crippen molar-refractivity contribution in [2.45, 2.75) is 26.0 Å². The summed E-state index contributed by atoms with van der Waals surface area (Å²) < 4.78 is 11.4. The summed E-state index contributed by atoms with van der Waals surface area (Å²) in [7, 11) is 1.57. The van der Waals surface area contributed by atoms with Gasteiger partial charge in [0.05, 0.1) is 38.2 Å². The van der Waals surface area contributed by atoms with Gasteiger partial charge in [-0.05, 0) is 6.42 Å². The fourth-order valence-corrected chi connectivity index (χ4v) is 1.61. The first-order valence-corrected chi connectivity index (χ1v) is 6.00. The Morgan fingerprint density at radius 3 is 2.79 bits per heavy atom. The molecule has 0 spiro atoms. The highest BCUT2D eigenvalue weighted by atomic mass is 16.5. The predicted octanol–water partition coefficient (Wildman–Crippen LogP) is -0.437. The maximum atomic E-state index is 10.9. The fraction of sp³-hybridized carbons (Fsp3) is 0.727. The molecule has 0 aliphatic heterocycles. The lowest BCUT2D eigenvalue weighted by Gasteiger charge is -2.12. The molecule has 108 valence electrons. The van der Waals surface area contributed by atoms with Crippen LogP contribution >= 0.6 is 0 Å². The second-order valence-electron chi connectivity index (χ2n) is 3.95. The molecule has 1 unspecified atom stereocenters. The Morgan fingerprint density at radius 2 is 2.21 bits per heavy atom. The van der Waals surface area contributed by atoms with E-state index in [4.69, 9.17) is 14.6 Å². The quantitative estimate of drug-likeness (QED) is 0.587. The zero-order chi connectivity index (χ0) is 14.3. The van der Waals surface area contributed by atoms with Crippen LogP contribution in [0.25, 0.3) is 0 Å². The Kier molecular flexibility index (Phi) is 6.40. The Labute approximate surface area is 110 Å². The molecule has 0 bridgehead atoms. The van der Waals surface area contributed by atoms with Gasteiger partial charge in [-0.2, -0.15) is 0 Å². The summed E-state index contributed by atoms with van der Waals surface area (Å²) in [6, 6.07) is 0. The molecule has 0 aliphatic carbocycles. The van der Waals surface area contributed by atoms with Gasteiger partial charge < -0.3 is 19.7 Å². The lowest BCUT2D eigenvalue weighted by molar-refractivity contribution is 0.00549. The van der Waals surface area contributed by atoms with Crippen molar-refractivity contribution in [1.29, 1.82) is 0 Å². The molecule has 1 rings (SSSR count). The number of aromatic carboxylic acids is 1. The van der Waals surface area contributed by atoms with Gasteiger partial charge in [-0.25, -0.2) is 9.48 Å². The predicted molar refractivity (Wildman–Crippen MR) is 65.1 cm³/mol. The maximum absolute atomic E-state index is 10.9. The summed E-state index contributed by atoms with van der Waals surface area (Å²) in [4.78, 5) is 10.9. The zero-order valence-electron chi connectivity index (χ0n) is 11.1. The number of aromatic nitrogens is 3. The number of nitrogens with zero attached hydrogens (tertiary/aromatic N) is 3. The van der Waals surface area contributed by atoms with Gasteiger partial charge in [0, 0.05) is 7.11 Å². The van der Waals surface area contributed by atoms with Crippen molar-refractivity contribution < 1.29 is 24.5 Å². The minimum absolute atomic E-state index is 0.0741. The molecule has 8 nitrogen and oxygen atoms in total. The molecule has 0 amide bonds. The molecule has 0 aromatic carbocycles. The van der Waals surface area contributed by atoms with E-state index in [1.165, 1.54) is 4.68 Å². The number of aliphatic hydroxyl groups is 1. The van der Waals surface area contributed by atoms with Crippen LogP contribution in [0.5, 0.6) is 0 Å². The normalized spacial score (nSPS) is 12.6. The van der Waals surface area contributed by atoms with Crippen molar-refractivity contribution in [3.8, 4) is 0 Å². The van der Waals surface area contributed by atoms with Gasteiger partial charge in [0.2, 0.25) is 0 Å². The molecule has 0 fully saturated rings. The van der Waals surface area contributed by atoms with E-state index in [1.807, 2.05) is 6.92 Å². The van der Waals surface area contributed by atoms with Crippen molar-refractivity contribution >= 4 is 5.97 Å². The monoisotopic (exact) mass is 273 g/mol. The number of carboxylic acids is 1. The number of carbonyl (C=O) groups is 1. The van der Waals surface area contributed by atoms with Crippen molar-refractivity contribution in [2.24, 2.45) is 0 Å². The average molecular weight is 273 g/mol. The lowest BCUT2D eigenvalue weighted by atomic mass is 10.2. The van der Waals surface area contributed by atoms with Crippen molar-refractivity contribution in [3.63, 3.8) is 0 Å². The molecule has 1 aromatic heterocycles.